The number of rotatable bonds is 3. The van der Waals surface area contributed by atoms with Crippen molar-refractivity contribution in [2.75, 3.05) is 6.54 Å². The van der Waals surface area contributed by atoms with E-state index in [-0.39, 0.29) is 28.8 Å². The van der Waals surface area contributed by atoms with Gasteiger partial charge in [0.15, 0.2) is 23.3 Å². The zero-order valence-corrected chi connectivity index (χ0v) is 17.7. The van der Waals surface area contributed by atoms with Crippen LogP contribution in [0.1, 0.15) is 18.7 Å². The fourth-order valence-electron chi connectivity index (χ4n) is 3.43. The summed E-state index contributed by atoms with van der Waals surface area (Å²) in [4.78, 5) is 26.3. The minimum atomic E-state index is -2.27. The van der Waals surface area contributed by atoms with Crippen LogP contribution in [0.25, 0.3) is 27.7 Å². The number of thiophene rings is 1. The van der Waals surface area contributed by atoms with E-state index in [9.17, 15) is 36.8 Å². The van der Waals surface area contributed by atoms with Crippen LogP contribution in [0.3, 0.4) is 0 Å². The molecule has 0 spiro atoms. The first-order chi connectivity index (χ1) is 15.6. The number of imide groups is 1. The normalized spacial score (nSPS) is 15.8. The molecule has 3 aromatic rings. The van der Waals surface area contributed by atoms with E-state index in [1.165, 1.54) is 19.1 Å². The van der Waals surface area contributed by atoms with Crippen molar-refractivity contribution < 1.29 is 36.0 Å². The molecule has 1 aliphatic heterocycles. The summed E-state index contributed by atoms with van der Waals surface area (Å²) in [6.45, 7) is 3.11. The lowest BCUT2D eigenvalue weighted by Gasteiger charge is -2.26. The van der Waals surface area contributed by atoms with Crippen LogP contribution in [0, 0.1) is 40.4 Å². The van der Waals surface area contributed by atoms with Crippen LogP contribution in [-0.2, 0) is 9.59 Å². The van der Waals surface area contributed by atoms with Gasteiger partial charge in [0.1, 0.15) is 23.0 Å². The highest BCUT2D eigenvalue weighted by Gasteiger charge is 2.34. The lowest BCUT2D eigenvalue weighted by molar-refractivity contribution is -0.140. The molecule has 0 saturated carbocycles. The van der Waals surface area contributed by atoms with Crippen LogP contribution in [-0.4, -0.2) is 23.3 Å². The molecule has 0 radical (unpaired) electrons. The monoisotopic (exact) mass is 478 g/mol. The van der Waals surface area contributed by atoms with Crippen molar-refractivity contribution in [1.82, 2.24) is 4.90 Å². The summed E-state index contributed by atoms with van der Waals surface area (Å²) >= 11 is 1.01. The number of nitrogens with zero attached hydrogens (tertiary/aromatic N) is 2. The topological polar surface area (TPSA) is 74.3 Å². The third kappa shape index (κ3) is 3.34. The second kappa shape index (κ2) is 7.97. The van der Waals surface area contributed by atoms with E-state index in [4.69, 9.17) is 4.42 Å². The minimum absolute atomic E-state index is 0.0610. The van der Waals surface area contributed by atoms with Crippen LogP contribution in [0.15, 0.2) is 33.3 Å². The molecule has 2 aromatic heterocycles. The maximum atomic E-state index is 14.1. The quantitative estimate of drug-likeness (QED) is 0.165. The Morgan fingerprint density at radius 2 is 1.64 bits per heavy atom. The van der Waals surface area contributed by atoms with Gasteiger partial charge in [0.2, 0.25) is 5.82 Å². The third-order valence-corrected chi connectivity index (χ3v) is 6.12. The van der Waals surface area contributed by atoms with Crippen molar-refractivity contribution >= 4 is 39.5 Å². The summed E-state index contributed by atoms with van der Waals surface area (Å²) in [7, 11) is 0. The van der Waals surface area contributed by atoms with Gasteiger partial charge in [-0.05, 0) is 31.6 Å². The van der Waals surface area contributed by atoms with Gasteiger partial charge in [0, 0.05) is 23.1 Å². The average molecular weight is 478 g/mol. The Morgan fingerprint density at radius 1 is 1.03 bits per heavy atom. The van der Waals surface area contributed by atoms with Gasteiger partial charge in [-0.25, -0.2) is 22.0 Å². The maximum Gasteiger partial charge on any atom is 0.271 e. The molecule has 3 heterocycles. The summed E-state index contributed by atoms with van der Waals surface area (Å²) < 4.78 is 74.1. The first-order valence-corrected chi connectivity index (χ1v) is 10.2. The number of benzene rings is 1. The number of carbonyl (C=O) groups excluding carboxylic acids is 2. The van der Waals surface area contributed by atoms with Gasteiger partial charge in [-0.2, -0.15) is 5.26 Å². The molecule has 0 aliphatic carbocycles. The molecular weight excluding hydrogens is 467 g/mol. The molecule has 11 heteroatoms. The molecule has 1 aromatic carbocycles. The molecule has 0 fully saturated rings. The van der Waals surface area contributed by atoms with Crippen molar-refractivity contribution in [3.05, 3.63) is 62.8 Å². The number of hydrogen-bond acceptors (Lipinski definition) is 5. The second-order valence-corrected chi connectivity index (χ2v) is 8.07. The summed E-state index contributed by atoms with van der Waals surface area (Å²) in [6.07, 6.45) is 1.43. The molecular formula is C22H11F5N2O3S. The number of furan rings is 1. The van der Waals surface area contributed by atoms with Crippen LogP contribution >= 0.6 is 11.3 Å². The zero-order chi connectivity index (χ0) is 24.2. The summed E-state index contributed by atoms with van der Waals surface area (Å²) in [5.41, 5.74) is -0.968. The summed E-state index contributed by atoms with van der Waals surface area (Å²) in [5.74, 6) is -12.3. The van der Waals surface area contributed by atoms with Gasteiger partial charge in [-0.15, -0.1) is 11.3 Å². The van der Waals surface area contributed by atoms with Crippen molar-refractivity contribution in [3.8, 4) is 17.4 Å². The van der Waals surface area contributed by atoms with E-state index in [0.29, 0.717) is 9.58 Å². The highest BCUT2D eigenvalue weighted by atomic mass is 32.1. The number of hydrogen-bond donors (Lipinski definition) is 0. The highest BCUT2D eigenvalue weighted by molar-refractivity contribution is 7.19. The Bertz CT molecular complexity index is 1410. The van der Waals surface area contributed by atoms with Gasteiger partial charge >= 0.3 is 0 Å². The molecule has 4 rings (SSSR count). The number of fused-ring (bicyclic) bond motifs is 1. The lowest BCUT2D eigenvalue weighted by atomic mass is 9.95. The minimum Gasteiger partial charge on any atom is -0.455 e. The number of halogens is 5. The molecule has 0 saturated heterocycles. The van der Waals surface area contributed by atoms with Crippen LogP contribution in [0.2, 0.25) is 0 Å². The molecule has 0 bridgehead atoms. The SMILES string of the molecule is CCN1C(=O)C(C#N)=C(C)/C(=C/c2cc3oc(-c4c(F)c(F)c(F)c(F)c4F)cc3s2)C1=O. The molecule has 168 valence electrons. The van der Waals surface area contributed by atoms with Crippen LogP contribution in [0.5, 0.6) is 0 Å². The molecule has 1 aliphatic rings. The zero-order valence-electron chi connectivity index (χ0n) is 16.9. The smallest absolute Gasteiger partial charge is 0.271 e. The van der Waals surface area contributed by atoms with Gasteiger partial charge in [0.25, 0.3) is 11.8 Å². The molecule has 5 nitrogen and oxygen atoms in total. The van der Waals surface area contributed by atoms with E-state index in [1.54, 1.807) is 13.0 Å². The van der Waals surface area contributed by atoms with Crippen molar-refractivity contribution in [1.29, 1.82) is 5.26 Å². The van der Waals surface area contributed by atoms with Crippen molar-refractivity contribution in [2.24, 2.45) is 0 Å². The maximum absolute atomic E-state index is 14.1. The Morgan fingerprint density at radius 3 is 2.18 bits per heavy atom. The van der Waals surface area contributed by atoms with Crippen LogP contribution < -0.4 is 0 Å². The van der Waals surface area contributed by atoms with Gasteiger partial charge in [0.05, 0.1) is 10.3 Å². The van der Waals surface area contributed by atoms with E-state index in [1.807, 2.05) is 0 Å². The molecule has 0 atom stereocenters. The standard InChI is InChI=1S/C22H11F5N2O3S/c1-3-29-21(30)10(8(2)11(7-28)22(29)31)4-9-5-12-14(33-9)6-13(32-12)15-16(23)18(25)20(27)19(26)17(15)24/h4-6H,3H2,1-2H3/b10-4-. The number of carbonyl (C=O) groups is 2. The van der Waals surface area contributed by atoms with E-state index >= 15 is 0 Å². The average Bonchev–Trinajstić information content (AvgIpc) is 3.33. The Kier molecular flexibility index (Phi) is 5.41. The number of nitriles is 1. The molecule has 2 amide bonds. The predicted octanol–water partition coefficient (Wildman–Crippen LogP) is 5.47. The van der Waals surface area contributed by atoms with Crippen LogP contribution in [0.4, 0.5) is 22.0 Å². The molecule has 0 N–H and O–H groups in total. The predicted molar refractivity (Wildman–Crippen MR) is 108 cm³/mol. The lowest BCUT2D eigenvalue weighted by Crippen LogP contribution is -2.42. The van der Waals surface area contributed by atoms with Crippen molar-refractivity contribution in [3.63, 3.8) is 0 Å². The van der Waals surface area contributed by atoms with Crippen molar-refractivity contribution in [2.45, 2.75) is 13.8 Å². The summed E-state index contributed by atoms with van der Waals surface area (Å²) in [6, 6.07) is 4.32. The van der Waals surface area contributed by atoms with E-state index in [2.05, 4.69) is 0 Å². The fourth-order valence-corrected chi connectivity index (χ4v) is 4.39. The first kappa shape index (κ1) is 22.4. The molecule has 0 unspecified atom stereocenters. The molecule has 33 heavy (non-hydrogen) atoms. The Labute approximate surface area is 186 Å². The number of amides is 2. The Hall–Kier alpha value is -3.78. The van der Waals surface area contributed by atoms with Gasteiger partial charge in [-0.1, -0.05) is 0 Å². The third-order valence-electron chi connectivity index (χ3n) is 5.11. The Balaban J connectivity index is 1.80. The van der Waals surface area contributed by atoms with E-state index in [0.717, 1.165) is 22.3 Å². The highest BCUT2D eigenvalue weighted by Crippen LogP contribution is 2.39. The van der Waals surface area contributed by atoms with Gasteiger partial charge < -0.3 is 4.42 Å². The largest absolute Gasteiger partial charge is 0.455 e. The van der Waals surface area contributed by atoms with E-state index < -0.39 is 52.2 Å². The fraction of sp³-hybridized carbons (Fsp3) is 0.136. The first-order valence-electron chi connectivity index (χ1n) is 9.35. The summed E-state index contributed by atoms with van der Waals surface area (Å²) in [5, 5.41) is 9.29. The number of likely N-dealkylation sites (N-methyl/N-ethyl adjacent to an activating group) is 1. The second-order valence-electron chi connectivity index (χ2n) is 6.96. The van der Waals surface area contributed by atoms with Gasteiger partial charge in [-0.3, -0.25) is 14.5 Å².